The number of amides is 1. The summed E-state index contributed by atoms with van der Waals surface area (Å²) in [6, 6.07) is 14.6. The number of nitrogens with one attached hydrogen (secondary N) is 1. The molecule has 0 aliphatic rings. The topological polar surface area (TPSA) is 88.0 Å². The standard InChI is InChI=1S/C22H27N3O3/c1-5-27-20-12-11-17(13-21(20)28-6-2)15(3)24-16(4)22(26)25-19-10-8-7-9-18(19)14-23/h7-13,15-16,24H,5-6H2,1-4H3,(H,25,26)/p+1/t15-,16-/m1/s1. The molecule has 0 aliphatic carbocycles. The fourth-order valence-electron chi connectivity index (χ4n) is 2.92. The summed E-state index contributed by atoms with van der Waals surface area (Å²) in [6.07, 6.45) is 0. The summed E-state index contributed by atoms with van der Waals surface area (Å²) in [7, 11) is 0. The van der Waals surface area contributed by atoms with Crippen LogP contribution < -0.4 is 20.1 Å². The number of nitriles is 1. The maximum atomic E-state index is 12.6. The summed E-state index contributed by atoms with van der Waals surface area (Å²) < 4.78 is 11.3. The molecule has 28 heavy (non-hydrogen) atoms. The highest BCUT2D eigenvalue weighted by Crippen LogP contribution is 2.30. The Bertz CT molecular complexity index is 845. The van der Waals surface area contributed by atoms with Crippen molar-refractivity contribution in [2.24, 2.45) is 0 Å². The molecule has 0 aliphatic heterocycles. The molecule has 0 bridgehead atoms. The number of nitrogens with two attached hydrogens (primary N) is 1. The van der Waals surface area contributed by atoms with Gasteiger partial charge in [0.25, 0.3) is 5.91 Å². The average molecular weight is 382 g/mol. The summed E-state index contributed by atoms with van der Waals surface area (Å²) >= 11 is 0. The molecule has 148 valence electrons. The summed E-state index contributed by atoms with van der Waals surface area (Å²) in [4.78, 5) is 12.6. The van der Waals surface area contributed by atoms with Crippen molar-refractivity contribution in [2.45, 2.75) is 39.8 Å². The molecule has 2 aromatic rings. The van der Waals surface area contributed by atoms with Crippen molar-refractivity contribution < 1.29 is 19.6 Å². The van der Waals surface area contributed by atoms with Crippen LogP contribution in [0.5, 0.6) is 11.5 Å². The Balaban J connectivity index is 2.06. The van der Waals surface area contributed by atoms with Crippen LogP contribution in [-0.2, 0) is 4.79 Å². The molecule has 0 unspecified atom stereocenters. The van der Waals surface area contributed by atoms with Crippen molar-refractivity contribution in [3.63, 3.8) is 0 Å². The van der Waals surface area contributed by atoms with Crippen LogP contribution in [0.1, 0.15) is 44.9 Å². The van der Waals surface area contributed by atoms with Crippen molar-refractivity contribution in [3.8, 4) is 17.6 Å². The fourth-order valence-corrected chi connectivity index (χ4v) is 2.92. The number of quaternary nitrogens is 1. The van der Waals surface area contributed by atoms with E-state index in [0.717, 1.165) is 11.3 Å². The lowest BCUT2D eigenvalue weighted by Gasteiger charge is -2.19. The Morgan fingerprint density at radius 2 is 1.79 bits per heavy atom. The van der Waals surface area contributed by atoms with Crippen LogP contribution in [0.3, 0.4) is 0 Å². The maximum Gasteiger partial charge on any atom is 0.282 e. The molecule has 6 heteroatoms. The highest BCUT2D eigenvalue weighted by molar-refractivity contribution is 5.94. The van der Waals surface area contributed by atoms with Gasteiger partial charge in [0.1, 0.15) is 12.1 Å². The van der Waals surface area contributed by atoms with Crippen molar-refractivity contribution >= 4 is 11.6 Å². The minimum atomic E-state index is -0.330. The van der Waals surface area contributed by atoms with Gasteiger partial charge < -0.3 is 20.1 Å². The minimum absolute atomic E-state index is 0.0434. The second kappa shape index (κ2) is 10.3. The second-order valence-electron chi connectivity index (χ2n) is 6.49. The number of nitrogens with zero attached hydrogens (tertiary/aromatic N) is 1. The quantitative estimate of drug-likeness (QED) is 0.698. The summed E-state index contributed by atoms with van der Waals surface area (Å²) in [6.45, 7) is 8.88. The van der Waals surface area contributed by atoms with Crippen molar-refractivity contribution in [1.82, 2.24) is 0 Å². The molecular weight excluding hydrogens is 354 g/mol. The number of benzene rings is 2. The van der Waals surface area contributed by atoms with E-state index in [4.69, 9.17) is 14.7 Å². The zero-order chi connectivity index (χ0) is 20.5. The molecule has 0 aromatic heterocycles. The lowest BCUT2D eigenvalue weighted by molar-refractivity contribution is -0.709. The van der Waals surface area contributed by atoms with Gasteiger partial charge in [0.2, 0.25) is 0 Å². The Morgan fingerprint density at radius 1 is 1.11 bits per heavy atom. The van der Waals surface area contributed by atoms with E-state index in [2.05, 4.69) is 11.4 Å². The molecular formula is C22H28N3O3+. The number of ether oxygens (including phenoxy) is 2. The van der Waals surface area contributed by atoms with Crippen molar-refractivity contribution in [2.75, 3.05) is 18.5 Å². The lowest BCUT2D eigenvalue weighted by Crippen LogP contribution is -2.91. The normalized spacial score (nSPS) is 12.5. The van der Waals surface area contributed by atoms with Crippen molar-refractivity contribution in [1.29, 1.82) is 5.26 Å². The van der Waals surface area contributed by atoms with Gasteiger partial charge in [-0.05, 0) is 58.0 Å². The highest BCUT2D eigenvalue weighted by Gasteiger charge is 2.22. The van der Waals surface area contributed by atoms with Crippen LogP contribution in [-0.4, -0.2) is 25.2 Å². The van der Waals surface area contributed by atoms with Gasteiger partial charge in [-0.3, -0.25) is 4.79 Å². The minimum Gasteiger partial charge on any atom is -0.490 e. The van der Waals surface area contributed by atoms with Gasteiger partial charge in [0.05, 0.1) is 24.5 Å². The van der Waals surface area contributed by atoms with Crippen LogP contribution in [0.25, 0.3) is 0 Å². The van der Waals surface area contributed by atoms with E-state index >= 15 is 0 Å². The molecule has 3 N–H and O–H groups in total. The third-order valence-corrected chi connectivity index (χ3v) is 4.39. The summed E-state index contributed by atoms with van der Waals surface area (Å²) in [5, 5.41) is 14.0. The van der Waals surface area contributed by atoms with E-state index < -0.39 is 0 Å². The van der Waals surface area contributed by atoms with Gasteiger partial charge in [0, 0.05) is 5.56 Å². The molecule has 0 radical (unpaired) electrons. The van der Waals surface area contributed by atoms with Crippen LogP contribution in [0.15, 0.2) is 42.5 Å². The van der Waals surface area contributed by atoms with E-state index in [9.17, 15) is 4.79 Å². The van der Waals surface area contributed by atoms with E-state index in [-0.39, 0.29) is 18.0 Å². The van der Waals surface area contributed by atoms with E-state index in [1.807, 2.05) is 51.2 Å². The third-order valence-electron chi connectivity index (χ3n) is 4.39. The van der Waals surface area contributed by atoms with E-state index in [1.54, 1.807) is 24.3 Å². The first kappa shape index (κ1) is 21.3. The summed E-state index contributed by atoms with van der Waals surface area (Å²) in [5.74, 6) is 1.28. The molecule has 0 saturated carbocycles. The predicted molar refractivity (Wildman–Crippen MR) is 108 cm³/mol. The molecule has 2 atom stereocenters. The van der Waals surface area contributed by atoms with Gasteiger partial charge in [-0.1, -0.05) is 12.1 Å². The second-order valence-corrected chi connectivity index (χ2v) is 6.49. The first-order valence-corrected chi connectivity index (χ1v) is 9.54. The zero-order valence-electron chi connectivity index (χ0n) is 16.9. The number of hydrogen-bond acceptors (Lipinski definition) is 4. The van der Waals surface area contributed by atoms with Gasteiger partial charge in [-0.2, -0.15) is 5.26 Å². The van der Waals surface area contributed by atoms with E-state index in [1.165, 1.54) is 0 Å². The average Bonchev–Trinajstić information content (AvgIpc) is 2.69. The molecule has 2 aromatic carbocycles. The smallest absolute Gasteiger partial charge is 0.282 e. The molecule has 0 heterocycles. The molecule has 2 rings (SSSR count). The van der Waals surface area contributed by atoms with Gasteiger partial charge in [-0.15, -0.1) is 0 Å². The number of carbonyl (C=O) groups is 1. The lowest BCUT2D eigenvalue weighted by atomic mass is 10.1. The first-order chi connectivity index (χ1) is 13.5. The van der Waals surface area contributed by atoms with Gasteiger partial charge in [0.15, 0.2) is 17.5 Å². The molecule has 6 nitrogen and oxygen atoms in total. The number of rotatable bonds is 9. The Kier molecular flexibility index (Phi) is 7.85. The van der Waals surface area contributed by atoms with Gasteiger partial charge in [-0.25, -0.2) is 0 Å². The van der Waals surface area contributed by atoms with Crippen LogP contribution in [0.2, 0.25) is 0 Å². The molecule has 1 amide bonds. The monoisotopic (exact) mass is 382 g/mol. The van der Waals surface area contributed by atoms with Crippen LogP contribution in [0, 0.1) is 11.3 Å². The zero-order valence-corrected chi connectivity index (χ0v) is 16.9. The number of para-hydroxylation sites is 1. The Morgan fingerprint density at radius 3 is 2.46 bits per heavy atom. The third kappa shape index (κ3) is 5.48. The summed E-state index contributed by atoms with van der Waals surface area (Å²) in [5.41, 5.74) is 2.02. The number of hydrogen-bond donors (Lipinski definition) is 2. The van der Waals surface area contributed by atoms with Gasteiger partial charge >= 0.3 is 0 Å². The highest BCUT2D eigenvalue weighted by atomic mass is 16.5. The van der Waals surface area contributed by atoms with Crippen LogP contribution in [0.4, 0.5) is 5.69 Å². The largest absolute Gasteiger partial charge is 0.490 e. The number of anilines is 1. The number of carbonyl (C=O) groups excluding carboxylic acids is 1. The SMILES string of the molecule is CCOc1ccc([C@@H](C)[NH2+][C@H](C)C(=O)Nc2ccccc2C#N)cc1OCC. The molecule has 0 fully saturated rings. The van der Waals surface area contributed by atoms with Crippen LogP contribution >= 0.6 is 0 Å². The predicted octanol–water partition coefficient (Wildman–Crippen LogP) is 3.01. The fraction of sp³-hybridized carbons (Fsp3) is 0.364. The van der Waals surface area contributed by atoms with E-state index in [0.29, 0.717) is 30.2 Å². The Labute approximate surface area is 166 Å². The molecule has 0 spiro atoms. The Hall–Kier alpha value is -3.04. The molecule has 0 saturated heterocycles. The van der Waals surface area contributed by atoms with Crippen molar-refractivity contribution in [3.05, 3.63) is 53.6 Å². The maximum absolute atomic E-state index is 12.6. The first-order valence-electron chi connectivity index (χ1n) is 9.54.